The molecule has 1 nitrogen and oxygen atoms in total. The highest BCUT2D eigenvalue weighted by atomic mass is 79.9. The lowest BCUT2D eigenvalue weighted by Crippen LogP contribution is -1.78. The Balaban J connectivity index is 2.88. The molecular formula is C11H9BrClN. The van der Waals surface area contributed by atoms with Gasteiger partial charge in [0.05, 0.1) is 11.6 Å². The third-order valence-electron chi connectivity index (χ3n) is 1.64. The van der Waals surface area contributed by atoms with Gasteiger partial charge in [0, 0.05) is 10.4 Å². The molecule has 0 saturated carbocycles. The lowest BCUT2D eigenvalue weighted by Gasteiger charge is -1.96. The second-order valence-electron chi connectivity index (χ2n) is 2.77. The number of allylic oxidation sites excluding steroid dienone is 1. The van der Waals surface area contributed by atoms with Gasteiger partial charge in [0.2, 0.25) is 0 Å². The normalized spacial score (nSPS) is 10.4. The summed E-state index contributed by atoms with van der Waals surface area (Å²) in [5.41, 5.74) is 1.56. The minimum Gasteiger partial charge on any atom is -0.192 e. The summed E-state index contributed by atoms with van der Waals surface area (Å²) < 4.78 is 0. The Hall–Kier alpha value is -0.780. The fourth-order valence-electron chi connectivity index (χ4n) is 1.06. The van der Waals surface area contributed by atoms with Crippen molar-refractivity contribution in [2.45, 2.75) is 6.42 Å². The number of rotatable bonds is 3. The third kappa shape index (κ3) is 3.53. The Morgan fingerprint density at radius 2 is 2.21 bits per heavy atom. The van der Waals surface area contributed by atoms with Crippen molar-refractivity contribution >= 4 is 33.6 Å². The van der Waals surface area contributed by atoms with Crippen molar-refractivity contribution in [3.63, 3.8) is 0 Å². The van der Waals surface area contributed by atoms with E-state index in [1.807, 2.05) is 24.3 Å². The SMILES string of the molecule is N#Cc1cc(Cl)cc(C=CCCBr)c1. The average molecular weight is 271 g/mol. The zero-order valence-corrected chi connectivity index (χ0v) is 9.85. The molecule has 0 bridgehead atoms. The molecule has 0 spiro atoms. The Bertz CT molecular complexity index is 379. The molecule has 1 aromatic rings. The molecule has 0 aromatic heterocycles. The van der Waals surface area contributed by atoms with Crippen LogP contribution in [0.4, 0.5) is 0 Å². The van der Waals surface area contributed by atoms with E-state index >= 15 is 0 Å². The summed E-state index contributed by atoms with van der Waals surface area (Å²) in [4.78, 5) is 0. The van der Waals surface area contributed by atoms with Crippen LogP contribution in [0.3, 0.4) is 0 Å². The van der Waals surface area contributed by atoms with E-state index in [9.17, 15) is 0 Å². The van der Waals surface area contributed by atoms with Gasteiger partial charge in [-0.3, -0.25) is 0 Å². The Kier molecular flexibility index (Phi) is 4.72. The van der Waals surface area contributed by atoms with Crippen molar-refractivity contribution < 1.29 is 0 Å². The molecule has 0 heterocycles. The molecule has 0 aliphatic heterocycles. The minimum atomic E-state index is 0.594. The lowest BCUT2D eigenvalue weighted by molar-refractivity contribution is 1.27. The number of benzene rings is 1. The van der Waals surface area contributed by atoms with Crippen LogP contribution >= 0.6 is 27.5 Å². The average Bonchev–Trinajstić information content (AvgIpc) is 2.17. The van der Waals surface area contributed by atoms with Crippen molar-refractivity contribution in [3.8, 4) is 6.07 Å². The highest BCUT2D eigenvalue weighted by Gasteiger charge is 1.95. The van der Waals surface area contributed by atoms with E-state index in [2.05, 4.69) is 22.0 Å². The van der Waals surface area contributed by atoms with Gasteiger partial charge in [-0.2, -0.15) is 5.26 Å². The van der Waals surface area contributed by atoms with Crippen molar-refractivity contribution in [2.75, 3.05) is 5.33 Å². The van der Waals surface area contributed by atoms with Crippen molar-refractivity contribution in [1.82, 2.24) is 0 Å². The Morgan fingerprint density at radius 1 is 1.43 bits per heavy atom. The molecule has 1 rings (SSSR count). The number of hydrogen-bond acceptors (Lipinski definition) is 1. The smallest absolute Gasteiger partial charge is 0.0992 e. The van der Waals surface area contributed by atoms with E-state index in [4.69, 9.17) is 16.9 Å². The first-order valence-electron chi connectivity index (χ1n) is 4.19. The standard InChI is InChI=1S/C11H9BrClN/c12-4-2-1-3-9-5-10(8-14)7-11(13)6-9/h1,3,5-7H,2,4H2. The van der Waals surface area contributed by atoms with E-state index in [1.54, 1.807) is 6.07 Å². The molecule has 0 radical (unpaired) electrons. The molecular weight excluding hydrogens is 261 g/mol. The van der Waals surface area contributed by atoms with Crippen LogP contribution in [0.2, 0.25) is 5.02 Å². The van der Waals surface area contributed by atoms with Crippen LogP contribution in [0.5, 0.6) is 0 Å². The summed E-state index contributed by atoms with van der Waals surface area (Å²) in [6.07, 6.45) is 4.98. The fourth-order valence-corrected chi connectivity index (χ4v) is 1.56. The largest absolute Gasteiger partial charge is 0.192 e. The van der Waals surface area contributed by atoms with Crippen LogP contribution in [0.25, 0.3) is 6.08 Å². The molecule has 1 aromatic carbocycles. The first kappa shape index (κ1) is 11.3. The summed E-state index contributed by atoms with van der Waals surface area (Å²) in [5.74, 6) is 0. The monoisotopic (exact) mass is 269 g/mol. The van der Waals surface area contributed by atoms with Gasteiger partial charge in [0.25, 0.3) is 0 Å². The van der Waals surface area contributed by atoms with Crippen molar-refractivity contribution in [2.24, 2.45) is 0 Å². The Morgan fingerprint density at radius 3 is 2.86 bits per heavy atom. The van der Waals surface area contributed by atoms with Crippen LogP contribution in [-0.2, 0) is 0 Å². The highest BCUT2D eigenvalue weighted by Crippen LogP contribution is 2.15. The molecule has 0 aliphatic carbocycles. The fraction of sp³-hybridized carbons (Fsp3) is 0.182. The van der Waals surface area contributed by atoms with E-state index in [1.165, 1.54) is 0 Å². The quantitative estimate of drug-likeness (QED) is 0.761. The lowest BCUT2D eigenvalue weighted by atomic mass is 10.1. The summed E-state index contributed by atoms with van der Waals surface area (Å²) in [6.45, 7) is 0. The molecule has 0 amide bonds. The van der Waals surface area contributed by atoms with Crippen LogP contribution in [-0.4, -0.2) is 5.33 Å². The molecule has 0 atom stereocenters. The summed E-state index contributed by atoms with van der Waals surface area (Å²) >= 11 is 9.18. The first-order chi connectivity index (χ1) is 6.76. The van der Waals surface area contributed by atoms with Crippen LogP contribution in [0.15, 0.2) is 24.3 Å². The molecule has 3 heteroatoms. The maximum atomic E-state index is 8.72. The van der Waals surface area contributed by atoms with Crippen LogP contribution < -0.4 is 0 Å². The number of hydrogen-bond donors (Lipinski definition) is 0. The maximum absolute atomic E-state index is 8.72. The van der Waals surface area contributed by atoms with Gasteiger partial charge in [-0.15, -0.1) is 0 Å². The van der Waals surface area contributed by atoms with Crippen molar-refractivity contribution in [1.29, 1.82) is 5.26 Å². The topological polar surface area (TPSA) is 23.8 Å². The number of nitrogens with zero attached hydrogens (tertiary/aromatic N) is 1. The third-order valence-corrected chi connectivity index (χ3v) is 2.31. The molecule has 72 valence electrons. The molecule has 0 aliphatic rings. The Labute approximate surface area is 97.1 Å². The molecule has 0 N–H and O–H groups in total. The van der Waals surface area contributed by atoms with Crippen LogP contribution in [0.1, 0.15) is 17.5 Å². The summed E-state index contributed by atoms with van der Waals surface area (Å²) in [7, 11) is 0. The molecule has 0 fully saturated rings. The zero-order chi connectivity index (χ0) is 10.4. The van der Waals surface area contributed by atoms with Gasteiger partial charge < -0.3 is 0 Å². The first-order valence-corrected chi connectivity index (χ1v) is 5.69. The van der Waals surface area contributed by atoms with E-state index in [-0.39, 0.29) is 0 Å². The van der Waals surface area contributed by atoms with Gasteiger partial charge in [-0.05, 0) is 30.2 Å². The molecule has 14 heavy (non-hydrogen) atoms. The zero-order valence-electron chi connectivity index (χ0n) is 7.50. The predicted molar refractivity (Wildman–Crippen MR) is 63.6 cm³/mol. The minimum absolute atomic E-state index is 0.594. The number of alkyl halides is 1. The van der Waals surface area contributed by atoms with Gasteiger partial charge >= 0.3 is 0 Å². The summed E-state index contributed by atoms with van der Waals surface area (Å²) in [6, 6.07) is 7.38. The van der Waals surface area contributed by atoms with Gasteiger partial charge in [0.15, 0.2) is 0 Å². The summed E-state index contributed by atoms with van der Waals surface area (Å²) in [5, 5.41) is 10.3. The molecule has 0 unspecified atom stereocenters. The molecule has 0 saturated heterocycles. The van der Waals surface area contributed by atoms with Gasteiger partial charge in [-0.1, -0.05) is 39.7 Å². The number of halogens is 2. The van der Waals surface area contributed by atoms with Gasteiger partial charge in [0.1, 0.15) is 0 Å². The van der Waals surface area contributed by atoms with E-state index in [0.29, 0.717) is 10.6 Å². The van der Waals surface area contributed by atoms with Gasteiger partial charge in [-0.25, -0.2) is 0 Å². The van der Waals surface area contributed by atoms with Crippen molar-refractivity contribution in [3.05, 3.63) is 40.4 Å². The van der Waals surface area contributed by atoms with E-state index < -0.39 is 0 Å². The maximum Gasteiger partial charge on any atom is 0.0992 e. The second kappa shape index (κ2) is 5.85. The number of nitriles is 1. The van der Waals surface area contributed by atoms with Crippen LogP contribution in [0, 0.1) is 11.3 Å². The second-order valence-corrected chi connectivity index (χ2v) is 3.99. The predicted octanol–water partition coefficient (Wildman–Crippen LogP) is 4.01. The highest BCUT2D eigenvalue weighted by molar-refractivity contribution is 9.09. The van der Waals surface area contributed by atoms with E-state index in [0.717, 1.165) is 17.3 Å².